The van der Waals surface area contributed by atoms with Gasteiger partial charge in [0, 0.05) is 62.5 Å². The van der Waals surface area contributed by atoms with Crippen LogP contribution in [-0.2, 0) is 22.7 Å². The Morgan fingerprint density at radius 2 is 1.74 bits per heavy atom. The highest BCUT2D eigenvalue weighted by Gasteiger charge is 2.45. The van der Waals surface area contributed by atoms with Crippen LogP contribution in [0.1, 0.15) is 51.7 Å². The molecule has 3 aliphatic heterocycles. The first-order valence-corrected chi connectivity index (χ1v) is 14.7. The zero-order valence-corrected chi connectivity index (χ0v) is 24.2. The number of amides is 3. The van der Waals surface area contributed by atoms with Gasteiger partial charge in [0.05, 0.1) is 22.3 Å². The van der Waals surface area contributed by atoms with E-state index in [4.69, 9.17) is 16.9 Å². The van der Waals surface area contributed by atoms with Crippen LogP contribution in [0.5, 0.6) is 0 Å². The number of nitrogens with one attached hydrogen (secondary N) is 2. The van der Waals surface area contributed by atoms with E-state index in [1.165, 1.54) is 10.5 Å². The summed E-state index contributed by atoms with van der Waals surface area (Å²) in [6, 6.07) is 20.2. The summed E-state index contributed by atoms with van der Waals surface area (Å²) in [6.07, 6.45) is -0.989. The van der Waals surface area contributed by atoms with Gasteiger partial charge in [0.2, 0.25) is 11.8 Å². The van der Waals surface area contributed by atoms with Crippen LogP contribution in [0.15, 0.2) is 60.7 Å². The number of halogens is 1. The number of nitrogens with zero attached hydrogens (tertiary/aromatic N) is 4. The number of hydrogen-bond acceptors (Lipinski definition) is 8. The predicted molar refractivity (Wildman–Crippen MR) is 161 cm³/mol. The van der Waals surface area contributed by atoms with Crippen molar-refractivity contribution in [2.45, 2.75) is 38.2 Å². The van der Waals surface area contributed by atoms with Gasteiger partial charge in [-0.1, -0.05) is 41.9 Å². The molecule has 0 aromatic heterocycles. The quantitative estimate of drug-likeness (QED) is 0.353. The summed E-state index contributed by atoms with van der Waals surface area (Å²) in [6.45, 7) is 4.82. The van der Waals surface area contributed by atoms with Gasteiger partial charge < -0.3 is 15.3 Å². The van der Waals surface area contributed by atoms with Crippen LogP contribution >= 0.6 is 11.6 Å². The Kier molecular flexibility index (Phi) is 8.04. The fourth-order valence-corrected chi connectivity index (χ4v) is 6.33. The molecule has 2 saturated heterocycles. The number of carbonyl (C=O) groups is 3. The molecule has 10 nitrogen and oxygen atoms in total. The Balaban J connectivity index is 1.04. The summed E-state index contributed by atoms with van der Waals surface area (Å²) in [4.78, 5) is 43.0. The Bertz CT molecular complexity index is 1610. The SMILES string of the molecule is N#Cc1ccc(N2CCN(Cc3ccc(CNc4cccc5c4C(O)N(C4CCC(=O)NC4=O)C5=O)cc3)CC2)c(Cl)c1. The average molecular weight is 599 g/mol. The number of fused-ring (bicyclic) bond motifs is 1. The van der Waals surface area contributed by atoms with Crippen molar-refractivity contribution in [2.75, 3.05) is 36.4 Å². The third-order valence-electron chi connectivity index (χ3n) is 8.34. The highest BCUT2D eigenvalue weighted by molar-refractivity contribution is 6.33. The summed E-state index contributed by atoms with van der Waals surface area (Å²) in [5.41, 5.74) is 5.18. The minimum atomic E-state index is -1.29. The van der Waals surface area contributed by atoms with E-state index < -0.39 is 24.1 Å². The first kappa shape index (κ1) is 28.7. The van der Waals surface area contributed by atoms with E-state index in [9.17, 15) is 19.5 Å². The van der Waals surface area contributed by atoms with Gasteiger partial charge in [-0.2, -0.15) is 5.26 Å². The number of hydrogen-bond donors (Lipinski definition) is 3. The number of piperazine rings is 1. The summed E-state index contributed by atoms with van der Waals surface area (Å²) in [5, 5.41) is 26.4. The summed E-state index contributed by atoms with van der Waals surface area (Å²) in [7, 11) is 0. The van der Waals surface area contributed by atoms with E-state index in [-0.39, 0.29) is 18.7 Å². The maximum absolute atomic E-state index is 13.1. The van der Waals surface area contributed by atoms with E-state index in [1.54, 1.807) is 24.3 Å². The van der Waals surface area contributed by atoms with Crippen molar-refractivity contribution in [1.29, 1.82) is 5.26 Å². The molecule has 220 valence electrons. The van der Waals surface area contributed by atoms with Gasteiger partial charge in [-0.15, -0.1) is 0 Å². The minimum Gasteiger partial charge on any atom is -0.381 e. The van der Waals surface area contributed by atoms with E-state index >= 15 is 0 Å². The Hall–Kier alpha value is -4.43. The van der Waals surface area contributed by atoms with Crippen molar-refractivity contribution >= 4 is 40.7 Å². The molecule has 0 spiro atoms. The lowest BCUT2D eigenvalue weighted by Gasteiger charge is -2.36. The van der Waals surface area contributed by atoms with Crippen LogP contribution in [0.3, 0.4) is 0 Å². The smallest absolute Gasteiger partial charge is 0.257 e. The van der Waals surface area contributed by atoms with Gasteiger partial charge in [-0.25, -0.2) is 0 Å². The van der Waals surface area contributed by atoms with Gasteiger partial charge in [-0.05, 0) is 47.9 Å². The second-order valence-corrected chi connectivity index (χ2v) is 11.4. The van der Waals surface area contributed by atoms with Crippen molar-refractivity contribution in [3.63, 3.8) is 0 Å². The molecule has 3 aromatic carbocycles. The molecular weight excluding hydrogens is 568 g/mol. The number of aliphatic hydroxyl groups is 1. The number of anilines is 2. The molecule has 3 amide bonds. The fraction of sp³-hybridized carbons (Fsp3) is 0.312. The number of aliphatic hydroxyl groups excluding tert-OH is 1. The molecule has 2 unspecified atom stereocenters. The molecule has 3 aromatic rings. The normalized spacial score (nSPS) is 20.5. The Labute approximate surface area is 254 Å². The zero-order chi connectivity index (χ0) is 30.1. The maximum Gasteiger partial charge on any atom is 0.257 e. The molecule has 6 rings (SSSR count). The first-order chi connectivity index (χ1) is 20.8. The summed E-state index contributed by atoms with van der Waals surface area (Å²) in [5.74, 6) is -1.37. The lowest BCUT2D eigenvalue weighted by molar-refractivity contribution is -0.139. The number of rotatable bonds is 7. The van der Waals surface area contributed by atoms with Gasteiger partial charge in [0.1, 0.15) is 6.04 Å². The fourth-order valence-electron chi connectivity index (χ4n) is 6.03. The Morgan fingerprint density at radius 1 is 1.00 bits per heavy atom. The Morgan fingerprint density at radius 3 is 2.44 bits per heavy atom. The predicted octanol–water partition coefficient (Wildman–Crippen LogP) is 3.40. The number of carbonyl (C=O) groups excluding carboxylic acids is 3. The van der Waals surface area contributed by atoms with Crippen LogP contribution < -0.4 is 15.5 Å². The van der Waals surface area contributed by atoms with E-state index in [0.717, 1.165) is 44.0 Å². The van der Waals surface area contributed by atoms with Crippen molar-refractivity contribution in [2.24, 2.45) is 0 Å². The van der Waals surface area contributed by atoms with Crippen LogP contribution in [0.2, 0.25) is 5.02 Å². The lowest BCUT2D eigenvalue weighted by atomic mass is 10.0. The monoisotopic (exact) mass is 598 g/mol. The molecule has 43 heavy (non-hydrogen) atoms. The van der Waals surface area contributed by atoms with E-state index in [0.29, 0.717) is 33.9 Å². The molecule has 3 N–H and O–H groups in total. The van der Waals surface area contributed by atoms with Gasteiger partial charge in [-0.3, -0.25) is 29.5 Å². The highest BCUT2D eigenvalue weighted by Crippen LogP contribution is 2.39. The molecular formula is C32H31ClN6O4. The van der Waals surface area contributed by atoms with E-state index in [1.807, 2.05) is 12.1 Å². The van der Waals surface area contributed by atoms with E-state index in [2.05, 4.69) is 50.8 Å². The van der Waals surface area contributed by atoms with Gasteiger partial charge in [0.25, 0.3) is 5.91 Å². The largest absolute Gasteiger partial charge is 0.381 e. The molecule has 3 heterocycles. The number of benzene rings is 3. The van der Waals surface area contributed by atoms with Crippen LogP contribution in [0.4, 0.5) is 11.4 Å². The molecule has 2 fully saturated rings. The lowest BCUT2D eigenvalue weighted by Crippen LogP contribution is -2.53. The standard InChI is InChI=1S/C32H31ClN6O4/c33-24-16-22(17-34)8-9-26(24)38-14-12-37(13-15-38)19-21-6-4-20(5-7-21)18-35-25-3-1-2-23-29(25)32(43)39(31(23)42)27-10-11-28(40)36-30(27)41/h1-9,16,27,32,35,43H,10-15,18-19H2,(H,36,40,41). The molecule has 3 aliphatic rings. The third-order valence-corrected chi connectivity index (χ3v) is 8.64. The number of imide groups is 1. The minimum absolute atomic E-state index is 0.119. The first-order valence-electron chi connectivity index (χ1n) is 14.3. The van der Waals surface area contributed by atoms with Crippen LogP contribution in [0, 0.1) is 11.3 Å². The molecule has 2 atom stereocenters. The highest BCUT2D eigenvalue weighted by atomic mass is 35.5. The number of nitriles is 1. The van der Waals surface area contributed by atoms with Crippen LogP contribution in [-0.4, -0.2) is 64.8 Å². The molecule has 0 bridgehead atoms. The molecule has 11 heteroatoms. The zero-order valence-electron chi connectivity index (χ0n) is 23.4. The van der Waals surface area contributed by atoms with Crippen molar-refractivity contribution in [1.82, 2.24) is 15.1 Å². The molecule has 0 radical (unpaired) electrons. The summed E-state index contributed by atoms with van der Waals surface area (Å²) < 4.78 is 0. The van der Waals surface area contributed by atoms with Crippen LogP contribution in [0.25, 0.3) is 0 Å². The van der Waals surface area contributed by atoms with Gasteiger partial charge in [0.15, 0.2) is 6.23 Å². The topological polar surface area (TPSA) is 129 Å². The molecule has 0 saturated carbocycles. The van der Waals surface area contributed by atoms with Crippen molar-refractivity contribution in [3.8, 4) is 6.07 Å². The second-order valence-electron chi connectivity index (χ2n) is 11.0. The second kappa shape index (κ2) is 12.1. The summed E-state index contributed by atoms with van der Waals surface area (Å²) >= 11 is 6.41. The average Bonchev–Trinajstić information content (AvgIpc) is 3.27. The van der Waals surface area contributed by atoms with Gasteiger partial charge >= 0.3 is 0 Å². The van der Waals surface area contributed by atoms with Crippen molar-refractivity contribution in [3.05, 3.63) is 93.5 Å². The van der Waals surface area contributed by atoms with Crippen molar-refractivity contribution < 1.29 is 19.5 Å². The third kappa shape index (κ3) is 5.79. The maximum atomic E-state index is 13.1. The molecule has 0 aliphatic carbocycles. The number of piperidine rings is 1.